The molecule has 1 amide bonds. The van der Waals surface area contributed by atoms with Crippen molar-refractivity contribution in [3.63, 3.8) is 0 Å². The first kappa shape index (κ1) is 13.8. The molecular weight excluding hydrogens is 249 g/mol. The first-order valence-electron chi connectivity index (χ1n) is 6.48. The number of carbonyl (C=O) groups is 1. The summed E-state index contributed by atoms with van der Waals surface area (Å²) in [6.45, 7) is 2.61. The number of nitrogens with one attached hydrogen (secondary N) is 1. The summed E-state index contributed by atoms with van der Waals surface area (Å²) in [5.74, 6) is -1.66. The summed E-state index contributed by atoms with van der Waals surface area (Å²) in [6.07, 6.45) is 2.88. The molecule has 1 heterocycles. The van der Waals surface area contributed by atoms with Crippen molar-refractivity contribution in [3.8, 4) is 5.75 Å². The fourth-order valence-electron chi connectivity index (χ4n) is 2.32. The van der Waals surface area contributed by atoms with E-state index in [1.165, 1.54) is 12.1 Å². The fourth-order valence-corrected chi connectivity index (χ4v) is 2.32. The van der Waals surface area contributed by atoms with Crippen LogP contribution in [0.5, 0.6) is 5.75 Å². The third kappa shape index (κ3) is 3.44. The van der Waals surface area contributed by atoms with Crippen molar-refractivity contribution in [2.24, 2.45) is 0 Å². The maximum absolute atomic E-state index is 13.5. The first-order chi connectivity index (χ1) is 9.08. The van der Waals surface area contributed by atoms with E-state index in [9.17, 15) is 14.3 Å². The van der Waals surface area contributed by atoms with Gasteiger partial charge in [-0.3, -0.25) is 4.79 Å². The molecule has 2 atom stereocenters. The largest absolute Gasteiger partial charge is 0.507 e. The zero-order chi connectivity index (χ0) is 13.8. The van der Waals surface area contributed by atoms with Crippen molar-refractivity contribution in [1.82, 2.24) is 5.32 Å². The van der Waals surface area contributed by atoms with Crippen LogP contribution < -0.4 is 5.32 Å². The lowest BCUT2D eigenvalue weighted by Crippen LogP contribution is -2.35. The van der Waals surface area contributed by atoms with E-state index in [-0.39, 0.29) is 23.5 Å². The molecule has 2 N–H and O–H groups in total. The Morgan fingerprint density at radius 1 is 1.63 bits per heavy atom. The molecule has 1 aliphatic rings. The number of amides is 1. The van der Waals surface area contributed by atoms with Gasteiger partial charge in [0.1, 0.15) is 17.1 Å². The molecular formula is C14H18FNO3. The standard InChI is InChI=1S/C14H18FNO3/c1-9(8-10-4-3-7-19-10)16-14(18)13-11(15)5-2-6-12(13)17/h2,5-6,9-10,17H,3-4,7-8H2,1H3,(H,16,18)/t9-,10-/m1/s1. The Hall–Kier alpha value is -1.62. The van der Waals surface area contributed by atoms with Gasteiger partial charge in [0.05, 0.1) is 6.10 Å². The third-order valence-electron chi connectivity index (χ3n) is 3.24. The zero-order valence-electron chi connectivity index (χ0n) is 10.9. The van der Waals surface area contributed by atoms with Crippen LogP contribution in [0.2, 0.25) is 0 Å². The van der Waals surface area contributed by atoms with E-state index in [1.807, 2.05) is 6.92 Å². The van der Waals surface area contributed by atoms with E-state index >= 15 is 0 Å². The lowest BCUT2D eigenvalue weighted by Gasteiger charge is -2.18. The van der Waals surface area contributed by atoms with E-state index in [2.05, 4.69) is 5.32 Å². The van der Waals surface area contributed by atoms with Crippen LogP contribution in [-0.4, -0.2) is 29.8 Å². The summed E-state index contributed by atoms with van der Waals surface area (Å²) in [5, 5.41) is 12.2. The number of phenolic OH excluding ortho intramolecular Hbond substituents is 1. The van der Waals surface area contributed by atoms with Gasteiger partial charge in [-0.2, -0.15) is 0 Å². The SMILES string of the molecule is C[C@H](C[C@H]1CCCO1)NC(=O)c1c(O)cccc1F. The smallest absolute Gasteiger partial charge is 0.258 e. The van der Waals surface area contributed by atoms with E-state index in [0.717, 1.165) is 25.5 Å². The van der Waals surface area contributed by atoms with Gasteiger partial charge >= 0.3 is 0 Å². The molecule has 0 spiro atoms. The molecule has 1 aromatic carbocycles. The van der Waals surface area contributed by atoms with Crippen LogP contribution in [0.25, 0.3) is 0 Å². The quantitative estimate of drug-likeness (QED) is 0.879. The molecule has 2 rings (SSSR count). The Bertz CT molecular complexity index is 438. The minimum atomic E-state index is -0.721. The summed E-state index contributed by atoms with van der Waals surface area (Å²) in [5.41, 5.74) is -0.304. The monoisotopic (exact) mass is 267 g/mol. The summed E-state index contributed by atoms with van der Waals surface area (Å²) in [6, 6.07) is 3.67. The molecule has 0 radical (unpaired) electrons. The number of ether oxygens (including phenoxy) is 1. The Labute approximate surface area is 111 Å². The van der Waals surface area contributed by atoms with Gasteiger partial charge in [0, 0.05) is 12.6 Å². The van der Waals surface area contributed by atoms with Crippen LogP contribution in [0.4, 0.5) is 4.39 Å². The summed E-state index contributed by atoms with van der Waals surface area (Å²) >= 11 is 0. The second kappa shape index (κ2) is 6.02. The van der Waals surface area contributed by atoms with Crippen molar-refractivity contribution in [3.05, 3.63) is 29.6 Å². The van der Waals surface area contributed by atoms with Crippen molar-refractivity contribution in [2.45, 2.75) is 38.3 Å². The highest BCUT2D eigenvalue weighted by atomic mass is 19.1. The average Bonchev–Trinajstić information content (AvgIpc) is 2.81. The number of halogens is 1. The summed E-state index contributed by atoms with van der Waals surface area (Å²) in [7, 11) is 0. The zero-order valence-corrected chi connectivity index (χ0v) is 10.9. The first-order valence-corrected chi connectivity index (χ1v) is 6.48. The van der Waals surface area contributed by atoms with Gasteiger partial charge in [-0.15, -0.1) is 0 Å². The number of rotatable bonds is 4. The van der Waals surface area contributed by atoms with Crippen LogP contribution in [-0.2, 0) is 4.74 Å². The molecule has 1 saturated heterocycles. The topological polar surface area (TPSA) is 58.6 Å². The molecule has 104 valence electrons. The summed E-state index contributed by atoms with van der Waals surface area (Å²) in [4.78, 5) is 11.9. The molecule has 0 aromatic heterocycles. The Balaban J connectivity index is 1.96. The van der Waals surface area contributed by atoms with Gasteiger partial charge in [-0.05, 0) is 38.3 Å². The van der Waals surface area contributed by atoms with Crippen molar-refractivity contribution < 1.29 is 19.0 Å². The third-order valence-corrected chi connectivity index (χ3v) is 3.24. The number of hydrogen-bond acceptors (Lipinski definition) is 3. The Morgan fingerprint density at radius 2 is 2.42 bits per heavy atom. The van der Waals surface area contributed by atoms with Crippen LogP contribution in [0.3, 0.4) is 0 Å². The minimum absolute atomic E-state index is 0.130. The molecule has 4 nitrogen and oxygen atoms in total. The normalized spacial score (nSPS) is 20.2. The molecule has 0 unspecified atom stereocenters. The highest BCUT2D eigenvalue weighted by molar-refractivity contribution is 5.97. The molecule has 1 aromatic rings. The van der Waals surface area contributed by atoms with Crippen LogP contribution in [0.1, 0.15) is 36.5 Å². The second-order valence-corrected chi connectivity index (χ2v) is 4.88. The van der Waals surface area contributed by atoms with Gasteiger partial charge in [-0.1, -0.05) is 6.07 Å². The fraction of sp³-hybridized carbons (Fsp3) is 0.500. The predicted octanol–water partition coefficient (Wildman–Crippen LogP) is 2.22. The van der Waals surface area contributed by atoms with Crippen molar-refractivity contribution >= 4 is 5.91 Å². The Kier molecular flexibility index (Phi) is 4.37. The van der Waals surface area contributed by atoms with Crippen LogP contribution in [0.15, 0.2) is 18.2 Å². The van der Waals surface area contributed by atoms with Gasteiger partial charge in [0.2, 0.25) is 0 Å². The Morgan fingerprint density at radius 3 is 3.05 bits per heavy atom. The number of carbonyl (C=O) groups excluding carboxylic acids is 1. The molecule has 0 bridgehead atoms. The maximum Gasteiger partial charge on any atom is 0.258 e. The number of phenols is 1. The highest BCUT2D eigenvalue weighted by Crippen LogP contribution is 2.21. The van der Waals surface area contributed by atoms with Gasteiger partial charge in [-0.25, -0.2) is 4.39 Å². The second-order valence-electron chi connectivity index (χ2n) is 4.88. The van der Waals surface area contributed by atoms with Crippen molar-refractivity contribution in [1.29, 1.82) is 0 Å². The van der Waals surface area contributed by atoms with E-state index < -0.39 is 11.7 Å². The van der Waals surface area contributed by atoms with E-state index in [4.69, 9.17) is 4.74 Å². The van der Waals surface area contributed by atoms with Crippen LogP contribution >= 0.6 is 0 Å². The van der Waals surface area contributed by atoms with Crippen molar-refractivity contribution in [2.75, 3.05) is 6.61 Å². The number of benzene rings is 1. The van der Waals surface area contributed by atoms with E-state index in [1.54, 1.807) is 0 Å². The lowest BCUT2D eigenvalue weighted by atomic mass is 10.1. The molecule has 1 aliphatic heterocycles. The van der Waals surface area contributed by atoms with Gasteiger partial charge < -0.3 is 15.2 Å². The van der Waals surface area contributed by atoms with Crippen LogP contribution in [0, 0.1) is 5.82 Å². The highest BCUT2D eigenvalue weighted by Gasteiger charge is 2.22. The van der Waals surface area contributed by atoms with Gasteiger partial charge in [0.15, 0.2) is 0 Å². The lowest BCUT2D eigenvalue weighted by molar-refractivity contribution is 0.0845. The molecule has 0 aliphatic carbocycles. The molecule has 0 saturated carbocycles. The summed E-state index contributed by atoms with van der Waals surface area (Å²) < 4.78 is 19.0. The maximum atomic E-state index is 13.5. The number of hydrogen-bond donors (Lipinski definition) is 2. The van der Waals surface area contributed by atoms with E-state index in [0.29, 0.717) is 6.42 Å². The molecule has 1 fully saturated rings. The molecule has 5 heteroatoms. The van der Waals surface area contributed by atoms with Gasteiger partial charge in [0.25, 0.3) is 5.91 Å². The predicted molar refractivity (Wildman–Crippen MR) is 68.6 cm³/mol. The minimum Gasteiger partial charge on any atom is -0.507 e. The average molecular weight is 267 g/mol. The molecule has 19 heavy (non-hydrogen) atoms. The number of aromatic hydroxyl groups is 1.